The van der Waals surface area contributed by atoms with Gasteiger partial charge in [0.2, 0.25) is 5.95 Å². The number of rotatable bonds is 2. The highest BCUT2D eigenvalue weighted by molar-refractivity contribution is 5.74. The van der Waals surface area contributed by atoms with Gasteiger partial charge in [-0.15, -0.1) is 0 Å². The summed E-state index contributed by atoms with van der Waals surface area (Å²) in [5, 5.41) is 8.27. The topological polar surface area (TPSA) is 75.6 Å². The van der Waals surface area contributed by atoms with Gasteiger partial charge in [-0.25, -0.2) is 4.68 Å². The van der Waals surface area contributed by atoms with E-state index in [1.165, 1.54) is 12.8 Å². The molecule has 0 aliphatic heterocycles. The lowest BCUT2D eigenvalue weighted by Gasteiger charge is -2.27. The van der Waals surface area contributed by atoms with Crippen molar-refractivity contribution in [1.82, 2.24) is 19.7 Å². The van der Waals surface area contributed by atoms with E-state index < -0.39 is 0 Å². The zero-order chi connectivity index (χ0) is 15.9. The third-order valence-electron chi connectivity index (χ3n) is 4.43. The molecule has 0 unspecified atom stereocenters. The molecule has 0 radical (unpaired) electrons. The normalized spacial score (nSPS) is 22.9. The van der Waals surface area contributed by atoms with Gasteiger partial charge in [-0.2, -0.15) is 10.1 Å². The molecule has 0 bridgehead atoms. The molecule has 2 aromatic heterocycles. The maximum atomic E-state index is 12.2. The van der Waals surface area contributed by atoms with Crippen LogP contribution in [0.25, 0.3) is 11.0 Å². The van der Waals surface area contributed by atoms with Crippen LogP contribution in [0.5, 0.6) is 0 Å². The van der Waals surface area contributed by atoms with Crippen LogP contribution in [0.4, 0.5) is 5.95 Å². The Morgan fingerprint density at radius 1 is 1.27 bits per heavy atom. The van der Waals surface area contributed by atoms with Gasteiger partial charge < -0.3 is 5.32 Å². The molecule has 0 spiro atoms. The lowest BCUT2D eigenvalue weighted by atomic mass is 9.87. The van der Waals surface area contributed by atoms with Gasteiger partial charge in [0.25, 0.3) is 5.56 Å². The second kappa shape index (κ2) is 5.41. The zero-order valence-electron chi connectivity index (χ0n) is 13.8. The number of hydrogen-bond donors (Lipinski definition) is 2. The van der Waals surface area contributed by atoms with Crippen molar-refractivity contribution < 1.29 is 0 Å². The zero-order valence-corrected chi connectivity index (χ0v) is 13.8. The van der Waals surface area contributed by atoms with Gasteiger partial charge in [0, 0.05) is 6.04 Å². The Kier molecular flexibility index (Phi) is 3.70. The van der Waals surface area contributed by atoms with Crippen LogP contribution >= 0.6 is 0 Å². The van der Waals surface area contributed by atoms with Crippen LogP contribution in [-0.2, 0) is 5.54 Å². The SMILES string of the molecule is CC1CCC(Nc2nc3c(cnn3C(C)(C)C)c(=O)[nH]2)CC1. The third kappa shape index (κ3) is 2.87. The Bertz CT molecular complexity index is 716. The summed E-state index contributed by atoms with van der Waals surface area (Å²) < 4.78 is 1.81. The van der Waals surface area contributed by atoms with Crippen molar-refractivity contribution in [2.75, 3.05) is 5.32 Å². The van der Waals surface area contributed by atoms with Crippen LogP contribution in [0.15, 0.2) is 11.0 Å². The van der Waals surface area contributed by atoms with Crippen molar-refractivity contribution >= 4 is 17.0 Å². The first-order valence-corrected chi connectivity index (χ1v) is 8.09. The molecule has 1 fully saturated rings. The van der Waals surface area contributed by atoms with Gasteiger partial charge in [-0.05, 0) is 52.4 Å². The minimum atomic E-state index is -0.208. The van der Waals surface area contributed by atoms with E-state index in [0.29, 0.717) is 23.0 Å². The lowest BCUT2D eigenvalue weighted by molar-refractivity contribution is 0.359. The van der Waals surface area contributed by atoms with Crippen LogP contribution in [0, 0.1) is 5.92 Å². The molecule has 1 saturated carbocycles. The van der Waals surface area contributed by atoms with E-state index in [1.54, 1.807) is 6.20 Å². The molecule has 2 aromatic rings. The molecule has 1 aliphatic carbocycles. The first kappa shape index (κ1) is 15.1. The van der Waals surface area contributed by atoms with Gasteiger partial charge in [0.15, 0.2) is 5.65 Å². The van der Waals surface area contributed by atoms with E-state index in [9.17, 15) is 4.79 Å². The van der Waals surface area contributed by atoms with Crippen molar-refractivity contribution in [2.24, 2.45) is 5.92 Å². The molecule has 2 heterocycles. The van der Waals surface area contributed by atoms with E-state index in [0.717, 1.165) is 18.8 Å². The molecule has 2 N–H and O–H groups in total. The number of aromatic nitrogens is 4. The van der Waals surface area contributed by atoms with Gasteiger partial charge in [0.1, 0.15) is 5.39 Å². The van der Waals surface area contributed by atoms with Gasteiger partial charge >= 0.3 is 0 Å². The predicted molar refractivity (Wildman–Crippen MR) is 88.2 cm³/mol. The van der Waals surface area contributed by atoms with Gasteiger partial charge in [0.05, 0.1) is 11.7 Å². The number of anilines is 1. The fourth-order valence-corrected chi connectivity index (χ4v) is 3.08. The highest BCUT2D eigenvalue weighted by Crippen LogP contribution is 2.25. The maximum Gasteiger partial charge on any atom is 0.263 e. The molecule has 6 heteroatoms. The Labute approximate surface area is 130 Å². The standard InChI is InChI=1S/C16H25N5O/c1-10-5-7-11(8-6-10)18-15-19-13-12(14(22)20-15)9-17-21(13)16(2,3)4/h9-11H,5-8H2,1-4H3,(H2,18,19,20,22). The summed E-state index contributed by atoms with van der Waals surface area (Å²) in [4.78, 5) is 19.7. The Morgan fingerprint density at radius 3 is 2.59 bits per heavy atom. The molecule has 22 heavy (non-hydrogen) atoms. The Morgan fingerprint density at radius 2 is 1.95 bits per heavy atom. The van der Waals surface area contributed by atoms with E-state index in [-0.39, 0.29) is 11.1 Å². The summed E-state index contributed by atoms with van der Waals surface area (Å²) in [5.74, 6) is 1.36. The summed E-state index contributed by atoms with van der Waals surface area (Å²) in [7, 11) is 0. The van der Waals surface area contributed by atoms with Crippen molar-refractivity contribution in [3.63, 3.8) is 0 Å². The van der Waals surface area contributed by atoms with Crippen molar-refractivity contribution in [1.29, 1.82) is 0 Å². The number of nitrogens with zero attached hydrogens (tertiary/aromatic N) is 3. The van der Waals surface area contributed by atoms with Crippen molar-refractivity contribution in [3.8, 4) is 0 Å². The van der Waals surface area contributed by atoms with Gasteiger partial charge in [-0.1, -0.05) is 6.92 Å². The lowest BCUT2D eigenvalue weighted by Crippen LogP contribution is -2.28. The predicted octanol–water partition coefficient (Wildman–Crippen LogP) is 2.87. The van der Waals surface area contributed by atoms with Crippen LogP contribution < -0.4 is 10.9 Å². The fraction of sp³-hybridized carbons (Fsp3) is 0.688. The molecule has 1 aliphatic rings. The molecular weight excluding hydrogens is 278 g/mol. The second-order valence-electron chi connectivity index (χ2n) is 7.48. The highest BCUT2D eigenvalue weighted by Gasteiger charge is 2.22. The average Bonchev–Trinajstić information content (AvgIpc) is 2.86. The van der Waals surface area contributed by atoms with Crippen LogP contribution in [0.3, 0.4) is 0 Å². The maximum absolute atomic E-state index is 12.2. The van der Waals surface area contributed by atoms with Crippen LogP contribution in [0.2, 0.25) is 0 Å². The fourth-order valence-electron chi connectivity index (χ4n) is 3.08. The minimum absolute atomic E-state index is 0.132. The molecule has 0 atom stereocenters. The number of fused-ring (bicyclic) bond motifs is 1. The largest absolute Gasteiger partial charge is 0.353 e. The van der Waals surface area contributed by atoms with Crippen molar-refractivity contribution in [2.45, 2.75) is 65.0 Å². The Hall–Kier alpha value is -1.85. The van der Waals surface area contributed by atoms with Gasteiger partial charge in [-0.3, -0.25) is 9.78 Å². The highest BCUT2D eigenvalue weighted by atomic mass is 16.1. The minimum Gasteiger partial charge on any atom is -0.353 e. The van der Waals surface area contributed by atoms with Crippen LogP contribution in [-0.4, -0.2) is 25.8 Å². The summed E-state index contributed by atoms with van der Waals surface area (Å²) in [6, 6.07) is 0.391. The molecular formula is C16H25N5O. The summed E-state index contributed by atoms with van der Waals surface area (Å²) in [6.45, 7) is 8.46. The molecule has 120 valence electrons. The monoisotopic (exact) mass is 303 g/mol. The van der Waals surface area contributed by atoms with Crippen molar-refractivity contribution in [3.05, 3.63) is 16.6 Å². The van der Waals surface area contributed by atoms with E-state index in [2.05, 4.69) is 48.1 Å². The molecule has 0 saturated heterocycles. The molecule has 0 amide bonds. The van der Waals surface area contributed by atoms with E-state index >= 15 is 0 Å². The third-order valence-corrected chi connectivity index (χ3v) is 4.43. The quantitative estimate of drug-likeness (QED) is 0.894. The second-order valence-corrected chi connectivity index (χ2v) is 7.48. The first-order chi connectivity index (χ1) is 10.3. The average molecular weight is 303 g/mol. The molecule has 3 rings (SSSR count). The van der Waals surface area contributed by atoms with E-state index in [1.807, 2.05) is 4.68 Å². The number of H-pyrrole nitrogens is 1. The van der Waals surface area contributed by atoms with Crippen LogP contribution in [0.1, 0.15) is 53.4 Å². The smallest absolute Gasteiger partial charge is 0.263 e. The Balaban J connectivity index is 1.92. The van der Waals surface area contributed by atoms with E-state index in [4.69, 9.17) is 0 Å². The molecule has 0 aromatic carbocycles. The number of nitrogens with one attached hydrogen (secondary N) is 2. The first-order valence-electron chi connectivity index (χ1n) is 8.09. The number of hydrogen-bond acceptors (Lipinski definition) is 4. The summed E-state index contributed by atoms with van der Waals surface area (Å²) in [5.41, 5.74) is 0.301. The number of aromatic amines is 1. The summed E-state index contributed by atoms with van der Waals surface area (Å²) in [6.07, 6.45) is 6.30. The summed E-state index contributed by atoms with van der Waals surface area (Å²) >= 11 is 0. The molecule has 6 nitrogen and oxygen atoms in total.